The Morgan fingerprint density at radius 1 is 1.14 bits per heavy atom. The van der Waals surface area contributed by atoms with Gasteiger partial charge in [-0.1, -0.05) is 66.8 Å². The van der Waals surface area contributed by atoms with E-state index in [4.69, 9.17) is 9.40 Å². The van der Waals surface area contributed by atoms with Crippen molar-refractivity contribution in [2.24, 2.45) is 0 Å². The van der Waals surface area contributed by atoms with Crippen molar-refractivity contribution in [1.82, 2.24) is 4.98 Å². The zero-order valence-corrected chi connectivity index (χ0v) is 21.1. The summed E-state index contributed by atoms with van der Waals surface area (Å²) >= 11 is 0. The van der Waals surface area contributed by atoms with Crippen LogP contribution in [0.4, 0.5) is 5.82 Å². The van der Waals surface area contributed by atoms with Crippen molar-refractivity contribution in [1.29, 1.82) is 5.26 Å². The molecule has 0 saturated heterocycles. The number of allylic oxidation sites excluding steroid dienone is 6. The molecule has 0 N–H and O–H groups in total. The zero-order valence-electron chi connectivity index (χ0n) is 21.1. The highest BCUT2D eigenvalue weighted by Crippen LogP contribution is 2.35. The fraction of sp³-hybridized carbons (Fsp3) is 0.226. The van der Waals surface area contributed by atoms with Gasteiger partial charge in [0.05, 0.1) is 17.9 Å². The van der Waals surface area contributed by atoms with Crippen LogP contribution in [-0.4, -0.2) is 12.0 Å². The van der Waals surface area contributed by atoms with E-state index in [1.165, 1.54) is 29.5 Å². The van der Waals surface area contributed by atoms with Crippen LogP contribution in [0.2, 0.25) is 0 Å². The molecule has 0 unspecified atom stereocenters. The molecule has 3 aromatic rings. The van der Waals surface area contributed by atoms with Gasteiger partial charge in [0.15, 0.2) is 5.76 Å². The molecule has 0 fully saturated rings. The lowest BCUT2D eigenvalue weighted by Gasteiger charge is -2.24. The summed E-state index contributed by atoms with van der Waals surface area (Å²) in [5.41, 5.74) is 7.22. The first-order valence-corrected chi connectivity index (χ1v) is 11.7. The van der Waals surface area contributed by atoms with Crippen LogP contribution in [0.5, 0.6) is 0 Å². The highest BCUT2D eigenvalue weighted by molar-refractivity contribution is 5.89. The van der Waals surface area contributed by atoms with Crippen molar-refractivity contribution in [2.45, 2.75) is 40.2 Å². The number of hydrogen-bond donors (Lipinski definition) is 0. The van der Waals surface area contributed by atoms with E-state index in [1.807, 2.05) is 32.2 Å². The second-order valence-electron chi connectivity index (χ2n) is 8.87. The minimum absolute atomic E-state index is 0.373. The summed E-state index contributed by atoms with van der Waals surface area (Å²) in [5, 5.41) is 9.47. The van der Waals surface area contributed by atoms with Crippen molar-refractivity contribution < 1.29 is 4.42 Å². The van der Waals surface area contributed by atoms with Gasteiger partial charge in [-0.25, -0.2) is 4.98 Å². The first kappa shape index (κ1) is 25.5. The molecule has 1 aromatic carbocycles. The summed E-state index contributed by atoms with van der Waals surface area (Å²) in [5.74, 6) is 1.39. The lowest BCUT2D eigenvalue weighted by molar-refractivity contribution is 0.580. The van der Waals surface area contributed by atoms with Gasteiger partial charge in [-0.2, -0.15) is 5.26 Å². The topological polar surface area (TPSA) is 53.1 Å². The molecule has 2 aromatic heterocycles. The molecule has 0 radical (unpaired) electrons. The Bertz CT molecular complexity index is 1290. The third kappa shape index (κ3) is 6.71. The first-order chi connectivity index (χ1) is 16.8. The number of furan rings is 1. The predicted molar refractivity (Wildman–Crippen MR) is 147 cm³/mol. The quantitative estimate of drug-likeness (QED) is 0.346. The van der Waals surface area contributed by atoms with Crippen molar-refractivity contribution >= 4 is 17.0 Å². The fourth-order valence-corrected chi connectivity index (χ4v) is 3.86. The number of nitrogens with zero attached hydrogens (tertiary/aromatic N) is 3. The van der Waals surface area contributed by atoms with Crippen molar-refractivity contribution in [3.63, 3.8) is 0 Å². The molecule has 0 atom stereocenters. The van der Waals surface area contributed by atoms with Crippen LogP contribution in [0.3, 0.4) is 0 Å². The van der Waals surface area contributed by atoms with E-state index in [2.05, 4.69) is 80.5 Å². The van der Waals surface area contributed by atoms with Gasteiger partial charge in [0, 0.05) is 24.7 Å². The molecule has 1 aliphatic rings. The number of pyridine rings is 1. The molecular formula is C31H33N3O. The summed E-state index contributed by atoms with van der Waals surface area (Å²) in [7, 11) is 1.99. The van der Waals surface area contributed by atoms with Gasteiger partial charge in [-0.15, -0.1) is 0 Å². The van der Waals surface area contributed by atoms with Gasteiger partial charge in [-0.05, 0) is 62.9 Å². The number of aromatic nitrogens is 1. The molecule has 178 valence electrons. The standard InChI is InChI=1S/C24H23N3O.C7H10/c1-16(2)23-20(18(4)14-25)13-21(22-7-6-12-28-22)26-24(23)27(5)15-19-10-8-17(3)9-11-19;1-7-5-3-2-4-6-7/h6-13H,1,4,15H2,2-3,5H3;3,5-6H,2,4H2,1H3. The lowest BCUT2D eigenvalue weighted by Crippen LogP contribution is -2.20. The van der Waals surface area contributed by atoms with Crippen molar-refractivity contribution in [3.05, 3.63) is 108 Å². The lowest BCUT2D eigenvalue weighted by atomic mass is 9.96. The fourth-order valence-electron chi connectivity index (χ4n) is 3.86. The molecule has 4 rings (SSSR count). The highest BCUT2D eigenvalue weighted by atomic mass is 16.3. The minimum atomic E-state index is 0.373. The van der Waals surface area contributed by atoms with Crippen LogP contribution in [-0.2, 0) is 6.54 Å². The molecule has 0 saturated carbocycles. The van der Waals surface area contributed by atoms with Crippen LogP contribution in [0, 0.1) is 18.3 Å². The van der Waals surface area contributed by atoms with E-state index in [1.54, 1.807) is 6.26 Å². The first-order valence-electron chi connectivity index (χ1n) is 11.7. The number of nitriles is 1. The van der Waals surface area contributed by atoms with Gasteiger partial charge in [0.25, 0.3) is 0 Å². The molecule has 35 heavy (non-hydrogen) atoms. The summed E-state index contributed by atoms with van der Waals surface area (Å²) in [6, 6.07) is 16.1. The Kier molecular flexibility index (Phi) is 8.64. The van der Waals surface area contributed by atoms with Gasteiger partial charge >= 0.3 is 0 Å². The summed E-state index contributed by atoms with van der Waals surface area (Å²) < 4.78 is 5.54. The van der Waals surface area contributed by atoms with Gasteiger partial charge < -0.3 is 9.32 Å². The molecule has 1 aliphatic carbocycles. The number of anilines is 1. The maximum Gasteiger partial charge on any atom is 0.152 e. The third-order valence-corrected chi connectivity index (χ3v) is 5.74. The van der Waals surface area contributed by atoms with Crippen LogP contribution < -0.4 is 4.90 Å². The minimum Gasteiger partial charge on any atom is -0.463 e. The molecule has 4 nitrogen and oxygen atoms in total. The normalized spacial score (nSPS) is 12.1. The van der Waals surface area contributed by atoms with E-state index in [-0.39, 0.29) is 0 Å². The van der Waals surface area contributed by atoms with E-state index < -0.39 is 0 Å². The number of rotatable bonds is 6. The average molecular weight is 464 g/mol. The van der Waals surface area contributed by atoms with Gasteiger partial charge in [-0.3, -0.25) is 0 Å². The molecule has 4 heteroatoms. The smallest absolute Gasteiger partial charge is 0.152 e. The number of aryl methyl sites for hydroxylation is 1. The van der Waals surface area contributed by atoms with E-state index in [0.717, 1.165) is 22.5 Å². The maximum absolute atomic E-state index is 9.47. The Balaban J connectivity index is 0.000000420. The Hall–Kier alpha value is -4.10. The third-order valence-electron chi connectivity index (χ3n) is 5.74. The second kappa shape index (κ2) is 11.9. The van der Waals surface area contributed by atoms with Crippen LogP contribution in [0.1, 0.15) is 48.9 Å². The Labute approximate surface area is 209 Å². The molecule has 0 amide bonds. The number of hydrogen-bond acceptors (Lipinski definition) is 4. The van der Waals surface area contributed by atoms with E-state index in [0.29, 0.717) is 23.6 Å². The van der Waals surface area contributed by atoms with Crippen LogP contribution in [0.15, 0.2) is 90.1 Å². The summed E-state index contributed by atoms with van der Waals surface area (Å²) in [6.07, 6.45) is 10.7. The van der Waals surface area contributed by atoms with Crippen LogP contribution >= 0.6 is 0 Å². The largest absolute Gasteiger partial charge is 0.463 e. The summed E-state index contributed by atoms with van der Waals surface area (Å²) in [4.78, 5) is 6.91. The zero-order chi connectivity index (χ0) is 25.4. The average Bonchev–Trinajstić information content (AvgIpc) is 3.40. The molecule has 0 bridgehead atoms. The van der Waals surface area contributed by atoms with E-state index >= 15 is 0 Å². The SMILES string of the molecule is C=C(C#N)c1cc(-c2ccco2)nc(N(C)Cc2ccc(C)cc2)c1C(=C)C.CC1=CCCC=C1. The van der Waals surface area contributed by atoms with Gasteiger partial charge in [0.1, 0.15) is 11.5 Å². The maximum atomic E-state index is 9.47. The Morgan fingerprint density at radius 2 is 1.89 bits per heavy atom. The number of benzene rings is 1. The molecule has 0 aliphatic heterocycles. The van der Waals surface area contributed by atoms with Crippen LogP contribution in [0.25, 0.3) is 22.6 Å². The highest BCUT2D eigenvalue weighted by Gasteiger charge is 2.20. The molecule has 0 spiro atoms. The molecular weight excluding hydrogens is 430 g/mol. The van der Waals surface area contributed by atoms with Crippen molar-refractivity contribution in [3.8, 4) is 17.5 Å². The Morgan fingerprint density at radius 3 is 2.40 bits per heavy atom. The predicted octanol–water partition coefficient (Wildman–Crippen LogP) is 8.14. The van der Waals surface area contributed by atoms with E-state index in [9.17, 15) is 5.26 Å². The molecule has 2 heterocycles. The second-order valence-corrected chi connectivity index (χ2v) is 8.87. The monoisotopic (exact) mass is 463 g/mol. The van der Waals surface area contributed by atoms with Crippen molar-refractivity contribution in [2.75, 3.05) is 11.9 Å². The summed E-state index contributed by atoms with van der Waals surface area (Å²) in [6.45, 7) is 14.8. The van der Waals surface area contributed by atoms with Gasteiger partial charge in [0.2, 0.25) is 0 Å².